The molecule has 2 rings (SSSR count). The number of nitrogens with two attached hydrogens (primary N) is 1. The zero-order valence-electron chi connectivity index (χ0n) is 15.3. The van der Waals surface area contributed by atoms with Crippen molar-refractivity contribution in [2.45, 2.75) is 52.7 Å². The molecule has 130 valence electrons. The number of thioether (sulfide) groups is 1. The summed E-state index contributed by atoms with van der Waals surface area (Å²) in [4.78, 5) is 11.4. The highest BCUT2D eigenvalue weighted by Crippen LogP contribution is 2.39. The first-order chi connectivity index (χ1) is 11.0. The number of benzene rings is 1. The summed E-state index contributed by atoms with van der Waals surface area (Å²) in [5.41, 5.74) is 8.91. The van der Waals surface area contributed by atoms with Crippen molar-refractivity contribution in [3.63, 3.8) is 0 Å². The fraction of sp³-hybridized carbons (Fsp3) is 0.500. The van der Waals surface area contributed by atoms with Gasteiger partial charge in [-0.15, -0.1) is 0 Å². The highest BCUT2D eigenvalue weighted by atomic mass is 32.2. The van der Waals surface area contributed by atoms with Crippen molar-refractivity contribution in [2.24, 2.45) is 0 Å². The van der Waals surface area contributed by atoms with Crippen LogP contribution in [0, 0.1) is 6.92 Å². The lowest BCUT2D eigenvalue weighted by molar-refractivity contribution is -0.109. The van der Waals surface area contributed by atoms with Gasteiger partial charge in [-0.3, -0.25) is 4.79 Å². The van der Waals surface area contributed by atoms with E-state index in [0.29, 0.717) is 11.4 Å². The molecule has 1 fully saturated rings. The van der Waals surface area contributed by atoms with Crippen LogP contribution in [0.4, 0.5) is 5.69 Å². The molecule has 1 aromatic carbocycles. The summed E-state index contributed by atoms with van der Waals surface area (Å²) in [6.07, 6.45) is 1.99. The van der Waals surface area contributed by atoms with Gasteiger partial charge in [-0.05, 0) is 51.7 Å². The highest BCUT2D eigenvalue weighted by molar-refractivity contribution is 8.13. The third kappa shape index (κ3) is 4.24. The van der Waals surface area contributed by atoms with Crippen molar-refractivity contribution < 1.29 is 14.1 Å². The van der Waals surface area contributed by atoms with Crippen molar-refractivity contribution in [3.8, 4) is 0 Å². The van der Waals surface area contributed by atoms with Gasteiger partial charge in [0, 0.05) is 18.4 Å². The maximum atomic E-state index is 11.4. The van der Waals surface area contributed by atoms with E-state index in [1.54, 1.807) is 6.92 Å². The predicted octanol–water partition coefficient (Wildman–Crippen LogP) is 3.87. The van der Waals surface area contributed by atoms with Crippen LogP contribution in [0.2, 0.25) is 0 Å². The molecule has 24 heavy (non-hydrogen) atoms. The van der Waals surface area contributed by atoms with Crippen molar-refractivity contribution in [2.75, 3.05) is 11.5 Å². The fourth-order valence-electron chi connectivity index (χ4n) is 2.38. The lowest BCUT2D eigenvalue weighted by Gasteiger charge is -2.32. The van der Waals surface area contributed by atoms with Gasteiger partial charge in [-0.25, -0.2) is 0 Å². The average Bonchev–Trinajstić information content (AvgIpc) is 2.66. The summed E-state index contributed by atoms with van der Waals surface area (Å²) in [6.45, 7) is 11.7. The summed E-state index contributed by atoms with van der Waals surface area (Å²) in [6, 6.07) is 5.89. The Kier molecular flexibility index (Phi) is 5.52. The molecule has 1 heterocycles. The summed E-state index contributed by atoms with van der Waals surface area (Å²) < 4.78 is 12.3. The van der Waals surface area contributed by atoms with Gasteiger partial charge in [-0.2, -0.15) is 0 Å². The van der Waals surface area contributed by atoms with Crippen LogP contribution in [0.3, 0.4) is 0 Å². The van der Waals surface area contributed by atoms with Gasteiger partial charge in [0.15, 0.2) is 5.12 Å². The number of hydrogen-bond acceptors (Lipinski definition) is 5. The third-order valence-corrected chi connectivity index (χ3v) is 5.47. The normalized spacial score (nSPS) is 19.6. The van der Waals surface area contributed by atoms with Crippen LogP contribution < -0.4 is 5.73 Å². The van der Waals surface area contributed by atoms with Crippen LogP contribution in [-0.4, -0.2) is 29.2 Å². The molecule has 4 nitrogen and oxygen atoms in total. The number of carbonyl (C=O) groups excluding carboxylic acids is 1. The van der Waals surface area contributed by atoms with Gasteiger partial charge in [0.25, 0.3) is 0 Å². The van der Waals surface area contributed by atoms with Gasteiger partial charge < -0.3 is 15.0 Å². The molecule has 1 saturated heterocycles. The standard InChI is InChI=1S/C18H26BNO3S/c1-12-7-8-16(20)14(9-12)10-15(11-24-13(2)21)19-22-17(3,4)18(5,6)23-19/h7-10H,11,20H2,1-6H3. The first-order valence-corrected chi connectivity index (χ1v) is 9.06. The fourth-order valence-corrected chi connectivity index (χ4v) is 2.97. The van der Waals surface area contributed by atoms with Crippen LogP contribution in [0.1, 0.15) is 45.7 Å². The Morgan fingerprint density at radius 1 is 1.25 bits per heavy atom. The van der Waals surface area contributed by atoms with Crippen molar-refractivity contribution in [1.29, 1.82) is 0 Å². The summed E-state index contributed by atoms with van der Waals surface area (Å²) in [5, 5.41) is 0.0645. The quantitative estimate of drug-likeness (QED) is 0.662. The molecular weight excluding hydrogens is 321 g/mol. The van der Waals surface area contributed by atoms with E-state index in [-0.39, 0.29) is 5.12 Å². The second kappa shape index (κ2) is 6.94. The Morgan fingerprint density at radius 2 is 1.83 bits per heavy atom. The molecule has 0 unspecified atom stereocenters. The minimum absolute atomic E-state index is 0.0645. The Labute approximate surface area is 149 Å². The van der Waals surface area contributed by atoms with E-state index in [4.69, 9.17) is 15.0 Å². The first kappa shape index (κ1) is 19.1. The molecule has 1 aliphatic rings. The van der Waals surface area contributed by atoms with Gasteiger partial charge in [-0.1, -0.05) is 35.5 Å². The molecule has 0 aromatic heterocycles. The highest BCUT2D eigenvalue weighted by Gasteiger charge is 2.52. The largest absolute Gasteiger partial charge is 0.491 e. The number of rotatable bonds is 4. The molecule has 6 heteroatoms. The smallest absolute Gasteiger partial charge is 0.400 e. The van der Waals surface area contributed by atoms with E-state index in [2.05, 4.69) is 0 Å². The summed E-state index contributed by atoms with van der Waals surface area (Å²) in [7, 11) is -0.484. The molecule has 1 aromatic rings. The SMILES string of the molecule is CC(=O)SCC(=Cc1cc(C)ccc1N)B1OC(C)(C)C(C)(C)O1. The zero-order valence-corrected chi connectivity index (χ0v) is 16.1. The van der Waals surface area contributed by atoms with E-state index < -0.39 is 18.3 Å². The zero-order chi connectivity index (χ0) is 18.1. The minimum atomic E-state index is -0.484. The molecule has 1 aliphatic heterocycles. The van der Waals surface area contributed by atoms with Crippen LogP contribution in [-0.2, 0) is 14.1 Å². The van der Waals surface area contributed by atoms with E-state index in [0.717, 1.165) is 16.6 Å². The monoisotopic (exact) mass is 347 g/mol. The molecule has 0 amide bonds. The molecule has 0 aliphatic carbocycles. The molecule has 0 spiro atoms. The summed E-state index contributed by atoms with van der Waals surface area (Å²) >= 11 is 1.25. The molecule has 0 saturated carbocycles. The summed E-state index contributed by atoms with van der Waals surface area (Å²) in [5.74, 6) is 0.513. The van der Waals surface area contributed by atoms with Gasteiger partial charge in [0.2, 0.25) is 0 Å². The van der Waals surface area contributed by atoms with Crippen LogP contribution in [0.15, 0.2) is 23.7 Å². The maximum Gasteiger partial charge on any atom is 0.491 e. The molecular formula is C18H26BNO3S. The number of hydrogen-bond donors (Lipinski definition) is 1. The Morgan fingerprint density at radius 3 is 2.38 bits per heavy atom. The number of carbonyl (C=O) groups is 1. The van der Waals surface area contributed by atoms with Crippen molar-refractivity contribution in [1.82, 2.24) is 0 Å². The predicted molar refractivity (Wildman–Crippen MR) is 103 cm³/mol. The van der Waals surface area contributed by atoms with E-state index >= 15 is 0 Å². The topological polar surface area (TPSA) is 61.6 Å². The van der Waals surface area contributed by atoms with E-state index in [1.807, 2.05) is 58.9 Å². The van der Waals surface area contributed by atoms with Gasteiger partial charge in [0.1, 0.15) is 0 Å². The molecule has 0 radical (unpaired) electrons. The number of anilines is 1. The number of aryl methyl sites for hydroxylation is 1. The van der Waals surface area contributed by atoms with Crippen molar-refractivity contribution in [3.05, 3.63) is 34.8 Å². The second-order valence-electron chi connectivity index (χ2n) is 7.22. The van der Waals surface area contributed by atoms with Crippen molar-refractivity contribution >= 4 is 35.8 Å². The molecule has 2 N–H and O–H groups in total. The van der Waals surface area contributed by atoms with Crippen LogP contribution >= 0.6 is 11.8 Å². The van der Waals surface area contributed by atoms with Gasteiger partial charge >= 0.3 is 7.12 Å². The average molecular weight is 347 g/mol. The van der Waals surface area contributed by atoms with Crippen LogP contribution in [0.25, 0.3) is 6.08 Å². The lowest BCUT2D eigenvalue weighted by Crippen LogP contribution is -2.41. The minimum Gasteiger partial charge on any atom is -0.400 e. The molecule has 0 bridgehead atoms. The Hall–Kier alpha value is -1.24. The Balaban J connectivity index is 2.37. The Bertz CT molecular complexity index is 654. The van der Waals surface area contributed by atoms with Crippen LogP contribution in [0.5, 0.6) is 0 Å². The molecule has 0 atom stereocenters. The maximum absolute atomic E-state index is 11.4. The third-order valence-electron chi connectivity index (χ3n) is 4.58. The second-order valence-corrected chi connectivity index (χ2v) is 8.37. The lowest BCUT2D eigenvalue weighted by atomic mass is 9.78. The van der Waals surface area contributed by atoms with E-state index in [9.17, 15) is 4.79 Å². The number of nitrogen functional groups attached to an aromatic ring is 1. The first-order valence-electron chi connectivity index (χ1n) is 8.07. The van der Waals surface area contributed by atoms with Gasteiger partial charge in [0.05, 0.1) is 11.2 Å². The van der Waals surface area contributed by atoms with E-state index in [1.165, 1.54) is 11.8 Å².